The number of nitro groups is 1. The Morgan fingerprint density at radius 2 is 1.91 bits per heavy atom. The van der Waals surface area contributed by atoms with Crippen molar-refractivity contribution in [2.24, 2.45) is 0 Å². The van der Waals surface area contributed by atoms with Crippen molar-refractivity contribution in [2.45, 2.75) is 26.2 Å². The first-order chi connectivity index (χ1) is 15.0. The van der Waals surface area contributed by atoms with E-state index in [9.17, 15) is 20.0 Å². The average Bonchev–Trinajstić information content (AvgIpc) is 3.21. The van der Waals surface area contributed by atoms with Crippen LogP contribution in [0, 0.1) is 10.1 Å². The summed E-state index contributed by atoms with van der Waals surface area (Å²) < 4.78 is 5.53. The van der Waals surface area contributed by atoms with E-state index in [0.717, 1.165) is 5.56 Å². The molecule has 0 saturated carbocycles. The summed E-state index contributed by atoms with van der Waals surface area (Å²) >= 11 is 11.3. The number of nitrogens with zero attached hydrogens (tertiary/aromatic N) is 1. The molecule has 0 unspecified atom stereocenters. The lowest BCUT2D eigenvalue weighted by molar-refractivity contribution is -0.384. The van der Waals surface area contributed by atoms with E-state index in [4.69, 9.17) is 28.2 Å². The number of hydrogen-bond acceptors (Lipinski definition) is 6. The Kier molecular flexibility index (Phi) is 6.52. The molecule has 0 fully saturated rings. The van der Waals surface area contributed by atoms with Gasteiger partial charge in [-0.1, -0.05) is 44.5 Å². The van der Waals surface area contributed by atoms with Crippen LogP contribution in [0.2, 0.25) is 5.02 Å². The summed E-state index contributed by atoms with van der Waals surface area (Å²) in [6, 6.07) is 12.2. The molecule has 0 bridgehead atoms. The third-order valence-electron chi connectivity index (χ3n) is 4.58. The van der Waals surface area contributed by atoms with Crippen LogP contribution >= 0.6 is 23.8 Å². The fourth-order valence-electron chi connectivity index (χ4n) is 2.83. The maximum Gasteiger partial charge on any atom is 0.293 e. The highest BCUT2D eigenvalue weighted by Gasteiger charge is 2.20. The monoisotopic (exact) mass is 473 g/mol. The number of hydrogen-bond donors (Lipinski definition) is 3. The molecule has 3 aromatic rings. The van der Waals surface area contributed by atoms with Crippen molar-refractivity contribution in [3.63, 3.8) is 0 Å². The van der Waals surface area contributed by atoms with Gasteiger partial charge in [0.1, 0.15) is 5.76 Å². The molecule has 0 aliphatic rings. The van der Waals surface area contributed by atoms with Crippen molar-refractivity contribution < 1.29 is 19.2 Å². The SMILES string of the molecule is CC(C)(C)c1cc(Cl)c(O)c(NC(=S)NC(=O)c2ccc(-c3cccc([N+](=O)[O-])c3)o2)c1. The van der Waals surface area contributed by atoms with E-state index < -0.39 is 10.8 Å². The maximum absolute atomic E-state index is 12.5. The molecule has 0 aliphatic carbocycles. The topological polar surface area (TPSA) is 118 Å². The van der Waals surface area contributed by atoms with Gasteiger partial charge in [0, 0.05) is 17.7 Å². The molecule has 2 aromatic carbocycles. The van der Waals surface area contributed by atoms with E-state index in [2.05, 4.69) is 10.6 Å². The number of phenols is 1. The number of nitro benzene ring substituents is 1. The lowest BCUT2D eigenvalue weighted by Gasteiger charge is -2.21. The third kappa shape index (κ3) is 5.24. The van der Waals surface area contributed by atoms with Gasteiger partial charge in [-0.25, -0.2) is 0 Å². The second kappa shape index (κ2) is 8.97. The van der Waals surface area contributed by atoms with Gasteiger partial charge >= 0.3 is 0 Å². The van der Waals surface area contributed by atoms with Crippen molar-refractivity contribution in [3.8, 4) is 17.1 Å². The van der Waals surface area contributed by atoms with Crippen molar-refractivity contribution in [1.29, 1.82) is 0 Å². The van der Waals surface area contributed by atoms with Gasteiger partial charge in [0.05, 0.1) is 15.6 Å². The van der Waals surface area contributed by atoms with E-state index >= 15 is 0 Å². The molecule has 0 spiro atoms. The fourth-order valence-corrected chi connectivity index (χ4v) is 3.26. The highest BCUT2D eigenvalue weighted by molar-refractivity contribution is 7.80. The van der Waals surface area contributed by atoms with Crippen LogP contribution in [0.3, 0.4) is 0 Å². The number of furan rings is 1. The average molecular weight is 474 g/mol. The number of aromatic hydroxyl groups is 1. The number of rotatable bonds is 4. The molecule has 3 rings (SSSR count). The van der Waals surface area contributed by atoms with E-state index in [1.54, 1.807) is 18.2 Å². The number of thiocarbonyl (C=S) groups is 1. The highest BCUT2D eigenvalue weighted by Crippen LogP contribution is 2.37. The van der Waals surface area contributed by atoms with Crippen molar-refractivity contribution >= 4 is 46.2 Å². The van der Waals surface area contributed by atoms with Gasteiger partial charge in [-0.05, 0) is 47.5 Å². The smallest absolute Gasteiger partial charge is 0.293 e. The minimum atomic E-state index is -0.628. The molecule has 0 saturated heterocycles. The van der Waals surface area contributed by atoms with Gasteiger partial charge in [0.15, 0.2) is 16.6 Å². The van der Waals surface area contributed by atoms with Crippen LogP contribution in [0.25, 0.3) is 11.3 Å². The minimum absolute atomic E-state index is 0.0404. The van der Waals surface area contributed by atoms with Crippen LogP contribution in [-0.2, 0) is 5.41 Å². The Balaban J connectivity index is 1.74. The molecule has 0 radical (unpaired) electrons. The number of carbonyl (C=O) groups excluding carboxylic acids is 1. The predicted octanol–water partition coefficient (Wildman–Crippen LogP) is 5.64. The predicted molar refractivity (Wildman–Crippen MR) is 126 cm³/mol. The Bertz CT molecular complexity index is 1220. The number of non-ortho nitro benzene ring substituents is 1. The Morgan fingerprint density at radius 1 is 1.19 bits per heavy atom. The number of phenolic OH excluding ortho intramolecular Hbond substituents is 1. The summed E-state index contributed by atoms with van der Waals surface area (Å²) in [6.07, 6.45) is 0. The summed E-state index contributed by atoms with van der Waals surface area (Å²) in [5.41, 5.74) is 1.26. The van der Waals surface area contributed by atoms with E-state index in [1.807, 2.05) is 20.8 Å². The molecular weight excluding hydrogens is 454 g/mol. The van der Waals surface area contributed by atoms with Crippen molar-refractivity contribution in [2.75, 3.05) is 5.32 Å². The molecule has 1 amide bonds. The fraction of sp³-hybridized carbons (Fsp3) is 0.182. The van der Waals surface area contributed by atoms with Crippen molar-refractivity contribution in [1.82, 2.24) is 5.32 Å². The standard InChI is InChI=1S/C22H20ClN3O5S/c1-22(2,3)13-10-15(23)19(27)16(11-13)24-21(32)25-20(28)18-8-7-17(31-18)12-5-4-6-14(9-12)26(29)30/h4-11,27H,1-3H3,(H2,24,25,28,32). The molecule has 0 aliphatic heterocycles. The lowest BCUT2D eigenvalue weighted by atomic mass is 9.87. The highest BCUT2D eigenvalue weighted by atomic mass is 35.5. The lowest BCUT2D eigenvalue weighted by Crippen LogP contribution is -2.34. The van der Waals surface area contributed by atoms with Gasteiger partial charge in [0.25, 0.3) is 11.6 Å². The first-order valence-corrected chi connectivity index (χ1v) is 10.2. The van der Waals surface area contributed by atoms with Crippen LogP contribution in [0.5, 0.6) is 5.75 Å². The summed E-state index contributed by atoms with van der Waals surface area (Å²) in [6.45, 7) is 5.99. The molecule has 32 heavy (non-hydrogen) atoms. The van der Waals surface area contributed by atoms with Crippen molar-refractivity contribution in [3.05, 3.63) is 75.0 Å². The summed E-state index contributed by atoms with van der Waals surface area (Å²) in [5.74, 6) is -0.569. The van der Waals surface area contributed by atoms with E-state index in [1.165, 1.54) is 30.3 Å². The zero-order valence-electron chi connectivity index (χ0n) is 17.4. The number of benzene rings is 2. The first-order valence-electron chi connectivity index (χ1n) is 9.45. The Hall–Kier alpha value is -3.43. The molecule has 166 valence electrons. The van der Waals surface area contributed by atoms with Crippen LogP contribution in [0.4, 0.5) is 11.4 Å². The van der Waals surface area contributed by atoms with Gasteiger partial charge in [-0.2, -0.15) is 0 Å². The van der Waals surface area contributed by atoms with Gasteiger partial charge in [0.2, 0.25) is 0 Å². The van der Waals surface area contributed by atoms with E-state index in [-0.39, 0.29) is 38.4 Å². The van der Waals surface area contributed by atoms with Gasteiger partial charge < -0.3 is 14.8 Å². The van der Waals surface area contributed by atoms with Crippen LogP contribution in [-0.4, -0.2) is 21.0 Å². The quantitative estimate of drug-likeness (QED) is 0.194. The second-order valence-electron chi connectivity index (χ2n) is 7.98. The summed E-state index contributed by atoms with van der Waals surface area (Å²) in [7, 11) is 0. The maximum atomic E-state index is 12.5. The second-order valence-corrected chi connectivity index (χ2v) is 8.80. The van der Waals surface area contributed by atoms with Crippen LogP contribution in [0.15, 0.2) is 52.9 Å². The Labute approximate surface area is 194 Å². The number of anilines is 1. The summed E-state index contributed by atoms with van der Waals surface area (Å²) in [5, 5.41) is 26.5. The minimum Gasteiger partial charge on any atom is -0.504 e. The molecule has 10 heteroatoms. The molecule has 0 atom stereocenters. The Morgan fingerprint density at radius 3 is 2.56 bits per heavy atom. The third-order valence-corrected chi connectivity index (χ3v) is 5.07. The number of amides is 1. The van der Waals surface area contributed by atoms with Crippen LogP contribution < -0.4 is 10.6 Å². The van der Waals surface area contributed by atoms with Gasteiger partial charge in [-0.15, -0.1) is 0 Å². The zero-order valence-corrected chi connectivity index (χ0v) is 19.0. The molecular formula is C22H20ClN3O5S. The normalized spacial score (nSPS) is 11.1. The largest absolute Gasteiger partial charge is 0.504 e. The molecule has 8 nitrogen and oxygen atoms in total. The molecule has 3 N–H and O–H groups in total. The summed E-state index contributed by atoms with van der Waals surface area (Å²) in [4.78, 5) is 23.0. The number of halogens is 1. The van der Waals surface area contributed by atoms with Crippen LogP contribution in [0.1, 0.15) is 36.9 Å². The number of nitrogens with one attached hydrogen (secondary N) is 2. The van der Waals surface area contributed by atoms with Gasteiger partial charge in [-0.3, -0.25) is 20.2 Å². The molecule has 1 aromatic heterocycles. The zero-order chi connectivity index (χ0) is 23.6. The number of carbonyl (C=O) groups is 1. The van der Waals surface area contributed by atoms with E-state index in [0.29, 0.717) is 11.3 Å². The molecule has 1 heterocycles. The first kappa shape index (κ1) is 23.2.